The highest BCUT2D eigenvalue weighted by Crippen LogP contribution is 2.06. The van der Waals surface area contributed by atoms with Gasteiger partial charge in [-0.05, 0) is 12.5 Å². The zero-order valence-corrected chi connectivity index (χ0v) is 7.80. The Morgan fingerprint density at radius 1 is 1.43 bits per heavy atom. The molecule has 0 aliphatic heterocycles. The van der Waals surface area contributed by atoms with Crippen molar-refractivity contribution in [1.29, 1.82) is 0 Å². The molecule has 0 bridgehead atoms. The van der Waals surface area contributed by atoms with E-state index in [9.17, 15) is 9.70 Å². The number of benzene rings is 1. The largest absolute Gasteiger partial charge is 0.350 e. The summed E-state index contributed by atoms with van der Waals surface area (Å²) >= 11 is 0. The van der Waals surface area contributed by atoms with Crippen LogP contribution in [0.25, 0.3) is 0 Å². The van der Waals surface area contributed by atoms with Gasteiger partial charge < -0.3 is 5.73 Å². The Kier molecular flexibility index (Phi) is 3.17. The second-order valence-corrected chi connectivity index (χ2v) is 2.96. The predicted octanol–water partition coefficient (Wildman–Crippen LogP) is 1.56. The van der Waals surface area contributed by atoms with Crippen LogP contribution < -0.4 is 5.73 Å². The van der Waals surface area contributed by atoms with Crippen molar-refractivity contribution in [2.75, 3.05) is 0 Å². The quantitative estimate of drug-likeness (QED) is 0.584. The number of urea groups is 1. The average molecular weight is 193 g/mol. The maximum atomic E-state index is 10.7. The summed E-state index contributed by atoms with van der Waals surface area (Å²) in [5, 5.41) is 3.19. The lowest BCUT2D eigenvalue weighted by molar-refractivity contribution is 0.206. The van der Waals surface area contributed by atoms with Crippen LogP contribution in [0, 0.1) is 11.8 Å². The minimum Gasteiger partial charge on any atom is -0.350 e. The molecule has 2 N–H and O–H groups in total. The molecule has 0 aliphatic rings. The van der Waals surface area contributed by atoms with Gasteiger partial charge in [0.2, 0.25) is 0 Å². The molecule has 14 heavy (non-hydrogen) atoms. The molecule has 74 valence electrons. The summed E-state index contributed by atoms with van der Waals surface area (Å²) in [6.07, 6.45) is 0. The van der Waals surface area contributed by atoms with Gasteiger partial charge in [-0.15, -0.1) is 4.91 Å². The van der Waals surface area contributed by atoms with Crippen molar-refractivity contribution in [3.63, 3.8) is 0 Å². The fraction of sp³-hybridized carbons (Fsp3) is 0.222. The van der Waals surface area contributed by atoms with E-state index >= 15 is 0 Å². The molecule has 0 radical (unpaired) electrons. The van der Waals surface area contributed by atoms with Crippen LogP contribution in [-0.4, -0.2) is 11.0 Å². The number of nitrogens with zero attached hydrogens (tertiary/aromatic N) is 2. The van der Waals surface area contributed by atoms with E-state index in [1.807, 2.05) is 31.2 Å². The summed E-state index contributed by atoms with van der Waals surface area (Å²) < 4.78 is 0. The van der Waals surface area contributed by atoms with Crippen molar-refractivity contribution in [3.8, 4) is 0 Å². The van der Waals surface area contributed by atoms with Crippen LogP contribution in [0.3, 0.4) is 0 Å². The Morgan fingerprint density at radius 3 is 2.43 bits per heavy atom. The van der Waals surface area contributed by atoms with E-state index < -0.39 is 6.03 Å². The number of carbonyl (C=O) groups is 1. The monoisotopic (exact) mass is 193 g/mol. The van der Waals surface area contributed by atoms with Crippen molar-refractivity contribution < 1.29 is 4.79 Å². The lowest BCUT2D eigenvalue weighted by atomic mass is 10.1. The van der Waals surface area contributed by atoms with Gasteiger partial charge in [-0.25, -0.2) is 4.79 Å². The molecule has 0 saturated heterocycles. The van der Waals surface area contributed by atoms with Crippen LogP contribution in [0.5, 0.6) is 0 Å². The van der Waals surface area contributed by atoms with Crippen molar-refractivity contribution in [3.05, 3.63) is 40.3 Å². The number of primary amides is 1. The van der Waals surface area contributed by atoms with Crippen LogP contribution in [0.2, 0.25) is 0 Å². The number of nitrogens with two attached hydrogens (primary N) is 1. The molecule has 1 aromatic carbocycles. The number of amides is 2. The number of hydrogen-bond donors (Lipinski definition) is 1. The van der Waals surface area contributed by atoms with Crippen molar-refractivity contribution >= 4 is 6.03 Å². The molecule has 0 fully saturated rings. The Labute approximate surface area is 81.5 Å². The summed E-state index contributed by atoms with van der Waals surface area (Å²) in [5.41, 5.74) is 6.84. The molecular weight excluding hydrogens is 182 g/mol. The van der Waals surface area contributed by atoms with Crippen LogP contribution in [0.1, 0.15) is 11.1 Å². The first-order valence-corrected chi connectivity index (χ1v) is 4.09. The average Bonchev–Trinajstić information content (AvgIpc) is 2.16. The SMILES string of the molecule is Cc1ccc(CN(N=O)C(N)=O)cc1. The van der Waals surface area contributed by atoms with E-state index in [2.05, 4.69) is 5.29 Å². The van der Waals surface area contributed by atoms with Gasteiger partial charge in [0.25, 0.3) is 0 Å². The number of rotatable bonds is 3. The van der Waals surface area contributed by atoms with Crippen molar-refractivity contribution in [2.24, 2.45) is 11.0 Å². The van der Waals surface area contributed by atoms with E-state index in [0.717, 1.165) is 11.1 Å². The molecule has 0 aromatic heterocycles. The Hall–Kier alpha value is -1.91. The van der Waals surface area contributed by atoms with E-state index in [-0.39, 0.29) is 6.54 Å². The van der Waals surface area contributed by atoms with Crippen molar-refractivity contribution in [2.45, 2.75) is 13.5 Å². The van der Waals surface area contributed by atoms with E-state index in [1.54, 1.807) is 0 Å². The Bertz CT molecular complexity index is 334. The Morgan fingerprint density at radius 2 is 2.00 bits per heavy atom. The predicted molar refractivity (Wildman–Crippen MR) is 52.1 cm³/mol. The zero-order chi connectivity index (χ0) is 10.6. The van der Waals surface area contributed by atoms with Gasteiger partial charge in [0, 0.05) is 0 Å². The minimum atomic E-state index is -0.847. The lowest BCUT2D eigenvalue weighted by Gasteiger charge is -2.09. The molecule has 0 saturated carbocycles. The normalized spacial score (nSPS) is 9.50. The van der Waals surface area contributed by atoms with E-state index in [0.29, 0.717) is 5.01 Å². The third-order valence-electron chi connectivity index (χ3n) is 1.81. The van der Waals surface area contributed by atoms with Crippen LogP contribution in [-0.2, 0) is 6.54 Å². The highest BCUT2D eigenvalue weighted by molar-refractivity contribution is 5.71. The number of hydrogen-bond acceptors (Lipinski definition) is 3. The number of nitroso groups, excluding NO2 is 1. The lowest BCUT2D eigenvalue weighted by Crippen LogP contribution is -2.30. The fourth-order valence-electron chi connectivity index (χ4n) is 1.01. The van der Waals surface area contributed by atoms with Crippen LogP contribution in [0.15, 0.2) is 29.6 Å². The number of carbonyl (C=O) groups excluding carboxylic acids is 1. The van der Waals surface area contributed by atoms with Gasteiger partial charge in [0.15, 0.2) is 0 Å². The summed E-state index contributed by atoms with van der Waals surface area (Å²) in [6, 6.07) is 6.56. The summed E-state index contributed by atoms with van der Waals surface area (Å²) in [6.45, 7) is 2.06. The van der Waals surface area contributed by atoms with Gasteiger partial charge in [-0.1, -0.05) is 29.8 Å². The zero-order valence-electron chi connectivity index (χ0n) is 7.80. The van der Waals surface area contributed by atoms with Crippen LogP contribution >= 0.6 is 0 Å². The molecule has 2 amide bonds. The summed E-state index contributed by atoms with van der Waals surface area (Å²) in [7, 11) is 0. The third-order valence-corrected chi connectivity index (χ3v) is 1.81. The fourth-order valence-corrected chi connectivity index (χ4v) is 1.01. The minimum absolute atomic E-state index is 0.110. The maximum absolute atomic E-state index is 10.7. The topological polar surface area (TPSA) is 75.8 Å². The molecule has 0 spiro atoms. The molecular formula is C9H11N3O2. The highest BCUT2D eigenvalue weighted by atomic mass is 16.3. The molecule has 0 unspecified atom stereocenters. The van der Waals surface area contributed by atoms with Gasteiger partial charge in [0.1, 0.15) is 0 Å². The number of aryl methyl sites for hydroxylation is 1. The molecule has 0 aliphatic carbocycles. The molecule has 5 nitrogen and oxygen atoms in total. The molecule has 5 heteroatoms. The molecule has 0 heterocycles. The molecule has 1 rings (SSSR count). The van der Waals surface area contributed by atoms with Gasteiger partial charge in [-0.3, -0.25) is 0 Å². The first kappa shape index (κ1) is 10.2. The van der Waals surface area contributed by atoms with Gasteiger partial charge in [0.05, 0.1) is 11.8 Å². The maximum Gasteiger partial charge on any atom is 0.338 e. The standard InChI is InChI=1S/C9H11N3O2/c1-7-2-4-8(5-3-7)6-12(11-14)9(10)13/h2-5H,6H2,1H3,(H2,10,13). The first-order valence-electron chi connectivity index (χ1n) is 4.09. The summed E-state index contributed by atoms with van der Waals surface area (Å²) in [5.74, 6) is 0. The third kappa shape index (κ3) is 2.55. The highest BCUT2D eigenvalue weighted by Gasteiger charge is 2.09. The van der Waals surface area contributed by atoms with Crippen molar-refractivity contribution in [1.82, 2.24) is 5.01 Å². The second kappa shape index (κ2) is 4.36. The Balaban J connectivity index is 2.72. The van der Waals surface area contributed by atoms with Gasteiger partial charge in [-0.2, -0.15) is 5.01 Å². The molecule has 1 aromatic rings. The van der Waals surface area contributed by atoms with E-state index in [4.69, 9.17) is 5.73 Å². The smallest absolute Gasteiger partial charge is 0.338 e. The second-order valence-electron chi connectivity index (χ2n) is 2.96. The van der Waals surface area contributed by atoms with Gasteiger partial charge >= 0.3 is 6.03 Å². The van der Waals surface area contributed by atoms with Crippen LogP contribution in [0.4, 0.5) is 4.79 Å². The first-order chi connectivity index (χ1) is 6.63. The van der Waals surface area contributed by atoms with E-state index in [1.165, 1.54) is 0 Å². The summed E-state index contributed by atoms with van der Waals surface area (Å²) in [4.78, 5) is 20.8. The molecule has 0 atom stereocenters.